The van der Waals surface area contributed by atoms with E-state index in [9.17, 15) is 9.59 Å². The number of carbonyl (C=O) groups is 2. The Morgan fingerprint density at radius 2 is 2.29 bits per heavy atom. The highest BCUT2D eigenvalue weighted by molar-refractivity contribution is 5.85. The van der Waals surface area contributed by atoms with E-state index in [0.29, 0.717) is 29.1 Å². The summed E-state index contributed by atoms with van der Waals surface area (Å²) in [5.41, 5.74) is 0.896. The van der Waals surface area contributed by atoms with E-state index >= 15 is 0 Å². The summed E-state index contributed by atoms with van der Waals surface area (Å²) in [6, 6.07) is 5.03. The van der Waals surface area contributed by atoms with Crippen molar-refractivity contribution in [1.29, 1.82) is 0 Å². The number of anilines is 1. The molecule has 0 saturated carbocycles. The van der Waals surface area contributed by atoms with Crippen LogP contribution in [-0.4, -0.2) is 33.9 Å². The number of fused-ring (bicyclic) bond motifs is 1. The van der Waals surface area contributed by atoms with Gasteiger partial charge in [0.25, 0.3) is 0 Å². The van der Waals surface area contributed by atoms with E-state index in [1.54, 1.807) is 22.7 Å². The van der Waals surface area contributed by atoms with Gasteiger partial charge in [-0.2, -0.15) is 9.97 Å². The summed E-state index contributed by atoms with van der Waals surface area (Å²) in [6.07, 6.45) is 3.10. The van der Waals surface area contributed by atoms with Crippen LogP contribution < -0.4 is 5.32 Å². The standard InChI is InChI=1S/C13H10N4O4/c1-20-13(19)16-12-14-9-3-2-5-17(9)11(15-12)10-8(7-18)4-6-21-10/h2-7H,1H3,(H,14,16,19). The molecule has 21 heavy (non-hydrogen) atoms. The number of hydrogen-bond donors (Lipinski definition) is 1. The highest BCUT2D eigenvalue weighted by atomic mass is 16.5. The van der Waals surface area contributed by atoms with Gasteiger partial charge < -0.3 is 9.15 Å². The molecule has 0 fully saturated rings. The molecule has 8 heteroatoms. The molecule has 0 saturated heterocycles. The molecule has 0 aliphatic carbocycles. The average Bonchev–Trinajstić information content (AvgIpc) is 3.14. The van der Waals surface area contributed by atoms with Gasteiger partial charge in [0.2, 0.25) is 5.95 Å². The Labute approximate surface area is 118 Å². The van der Waals surface area contributed by atoms with Gasteiger partial charge in [0.1, 0.15) is 5.65 Å². The van der Waals surface area contributed by atoms with Crippen LogP contribution in [0.3, 0.4) is 0 Å². The van der Waals surface area contributed by atoms with E-state index in [-0.39, 0.29) is 5.95 Å². The molecule has 106 valence electrons. The van der Waals surface area contributed by atoms with Crippen molar-refractivity contribution in [2.75, 3.05) is 12.4 Å². The van der Waals surface area contributed by atoms with Gasteiger partial charge in [-0.1, -0.05) is 0 Å². The number of ether oxygens (including phenoxy) is 1. The summed E-state index contributed by atoms with van der Waals surface area (Å²) in [6.45, 7) is 0. The largest absolute Gasteiger partial charge is 0.460 e. The predicted octanol–water partition coefficient (Wildman–Crippen LogP) is 1.98. The smallest absolute Gasteiger partial charge is 0.413 e. The van der Waals surface area contributed by atoms with Crippen LogP contribution >= 0.6 is 0 Å². The molecule has 0 aliphatic rings. The molecule has 0 spiro atoms. The number of aromatic nitrogens is 3. The molecule has 0 atom stereocenters. The van der Waals surface area contributed by atoms with E-state index in [1.807, 2.05) is 0 Å². The monoisotopic (exact) mass is 286 g/mol. The van der Waals surface area contributed by atoms with Gasteiger partial charge >= 0.3 is 6.09 Å². The van der Waals surface area contributed by atoms with Crippen molar-refractivity contribution in [3.63, 3.8) is 0 Å². The first kappa shape index (κ1) is 12.9. The molecule has 0 unspecified atom stereocenters. The lowest BCUT2D eigenvalue weighted by atomic mass is 10.2. The summed E-state index contributed by atoms with van der Waals surface area (Å²) in [5.74, 6) is 0.696. The minimum Gasteiger partial charge on any atom is -0.460 e. The molecule has 0 aliphatic heterocycles. The Kier molecular flexibility index (Phi) is 3.11. The van der Waals surface area contributed by atoms with Crippen molar-refractivity contribution >= 4 is 24.0 Å². The molecular weight excluding hydrogens is 276 g/mol. The van der Waals surface area contributed by atoms with Crippen LogP contribution in [0.4, 0.5) is 10.7 Å². The van der Waals surface area contributed by atoms with Crippen LogP contribution in [-0.2, 0) is 4.74 Å². The third kappa shape index (κ3) is 2.22. The van der Waals surface area contributed by atoms with Crippen LogP contribution in [0, 0.1) is 0 Å². The number of hydrogen-bond acceptors (Lipinski definition) is 6. The zero-order valence-electron chi connectivity index (χ0n) is 10.9. The fourth-order valence-corrected chi connectivity index (χ4v) is 1.88. The van der Waals surface area contributed by atoms with Crippen LogP contribution in [0.5, 0.6) is 0 Å². The van der Waals surface area contributed by atoms with Gasteiger partial charge in [-0.3, -0.25) is 14.5 Å². The van der Waals surface area contributed by atoms with Crippen LogP contribution in [0.25, 0.3) is 17.2 Å². The molecular formula is C13H10N4O4. The minimum atomic E-state index is -0.688. The zero-order valence-corrected chi connectivity index (χ0v) is 10.9. The summed E-state index contributed by atoms with van der Waals surface area (Å²) < 4.78 is 11.5. The van der Waals surface area contributed by atoms with Crippen molar-refractivity contribution < 1.29 is 18.7 Å². The quantitative estimate of drug-likeness (QED) is 0.739. The molecule has 0 bridgehead atoms. The van der Waals surface area contributed by atoms with Crippen LogP contribution in [0.1, 0.15) is 10.4 Å². The Hall–Kier alpha value is -3.16. The lowest BCUT2D eigenvalue weighted by Gasteiger charge is -2.07. The maximum atomic E-state index is 11.3. The Balaban J connectivity index is 2.18. The normalized spacial score (nSPS) is 10.5. The SMILES string of the molecule is COC(=O)Nc1nc(-c2occc2C=O)n2cccc2n1. The van der Waals surface area contributed by atoms with Gasteiger partial charge in [0.15, 0.2) is 17.9 Å². The maximum absolute atomic E-state index is 11.3. The number of amides is 1. The van der Waals surface area contributed by atoms with Crippen molar-refractivity contribution in [3.8, 4) is 11.6 Å². The fourth-order valence-electron chi connectivity index (χ4n) is 1.88. The molecule has 3 aromatic rings. The minimum absolute atomic E-state index is 0.0521. The Morgan fingerprint density at radius 3 is 3.05 bits per heavy atom. The number of rotatable bonds is 3. The van der Waals surface area contributed by atoms with Crippen LogP contribution in [0.15, 0.2) is 35.1 Å². The topological polar surface area (TPSA) is 98.7 Å². The van der Waals surface area contributed by atoms with Gasteiger partial charge in [0, 0.05) is 6.20 Å². The zero-order chi connectivity index (χ0) is 14.8. The number of nitrogens with one attached hydrogen (secondary N) is 1. The summed E-state index contributed by atoms with van der Waals surface area (Å²) in [5, 5.41) is 2.39. The Bertz CT molecular complexity index is 821. The van der Waals surface area contributed by atoms with Crippen molar-refractivity contribution in [1.82, 2.24) is 14.4 Å². The average molecular weight is 286 g/mol. The lowest BCUT2D eigenvalue weighted by Crippen LogP contribution is -2.14. The van der Waals surface area contributed by atoms with Crippen molar-refractivity contribution in [3.05, 3.63) is 36.2 Å². The van der Waals surface area contributed by atoms with Crippen LogP contribution in [0.2, 0.25) is 0 Å². The van der Waals surface area contributed by atoms with E-state index in [0.717, 1.165) is 0 Å². The van der Waals surface area contributed by atoms with E-state index < -0.39 is 6.09 Å². The molecule has 1 amide bonds. The van der Waals surface area contributed by atoms with Gasteiger partial charge in [-0.25, -0.2) is 4.79 Å². The molecule has 3 aromatic heterocycles. The van der Waals surface area contributed by atoms with E-state index in [1.165, 1.54) is 19.4 Å². The molecule has 1 N–H and O–H groups in total. The van der Waals surface area contributed by atoms with E-state index in [4.69, 9.17) is 4.42 Å². The third-order valence-electron chi connectivity index (χ3n) is 2.81. The second-order valence-electron chi connectivity index (χ2n) is 4.05. The summed E-state index contributed by atoms with van der Waals surface area (Å²) in [4.78, 5) is 30.7. The number of methoxy groups -OCH3 is 1. The lowest BCUT2D eigenvalue weighted by molar-refractivity contribution is 0.112. The summed E-state index contributed by atoms with van der Waals surface area (Å²) in [7, 11) is 1.24. The van der Waals surface area contributed by atoms with Crippen molar-refractivity contribution in [2.45, 2.75) is 0 Å². The second kappa shape index (κ2) is 5.08. The number of carbonyl (C=O) groups excluding carboxylic acids is 2. The molecule has 3 rings (SSSR count). The maximum Gasteiger partial charge on any atom is 0.413 e. The van der Waals surface area contributed by atoms with Gasteiger partial charge in [-0.05, 0) is 18.2 Å². The molecule has 3 heterocycles. The third-order valence-corrected chi connectivity index (χ3v) is 2.81. The first-order chi connectivity index (χ1) is 10.2. The van der Waals surface area contributed by atoms with Gasteiger partial charge in [0.05, 0.1) is 18.9 Å². The first-order valence-electron chi connectivity index (χ1n) is 5.96. The number of nitrogens with zero attached hydrogens (tertiary/aromatic N) is 3. The summed E-state index contributed by atoms with van der Waals surface area (Å²) >= 11 is 0. The van der Waals surface area contributed by atoms with Crippen molar-refractivity contribution in [2.24, 2.45) is 0 Å². The van der Waals surface area contributed by atoms with Gasteiger partial charge in [-0.15, -0.1) is 0 Å². The fraction of sp³-hybridized carbons (Fsp3) is 0.0769. The Morgan fingerprint density at radius 1 is 1.43 bits per heavy atom. The first-order valence-corrected chi connectivity index (χ1v) is 5.96. The predicted molar refractivity (Wildman–Crippen MR) is 72.1 cm³/mol. The second-order valence-corrected chi connectivity index (χ2v) is 4.05. The highest BCUT2D eigenvalue weighted by Crippen LogP contribution is 2.24. The number of aldehydes is 1. The number of furan rings is 1. The van der Waals surface area contributed by atoms with E-state index in [2.05, 4.69) is 20.0 Å². The molecule has 0 radical (unpaired) electrons. The molecule has 8 nitrogen and oxygen atoms in total. The molecule has 0 aromatic carbocycles. The highest BCUT2D eigenvalue weighted by Gasteiger charge is 2.16.